The Morgan fingerprint density at radius 1 is 1.12 bits per heavy atom. The summed E-state index contributed by atoms with van der Waals surface area (Å²) in [5.41, 5.74) is 0. The van der Waals surface area contributed by atoms with Crippen LogP contribution in [-0.2, 0) is 4.79 Å². The molecule has 0 saturated heterocycles. The van der Waals surface area contributed by atoms with Gasteiger partial charge in [-0.25, -0.2) is 0 Å². The third kappa shape index (κ3) is 6.70. The number of carbonyl (C=O) groups excluding carboxylic acids is 1. The number of amides is 1. The van der Waals surface area contributed by atoms with Gasteiger partial charge >= 0.3 is 0 Å². The Hall–Kier alpha value is -0.730. The van der Waals surface area contributed by atoms with E-state index in [2.05, 4.69) is 5.32 Å². The lowest BCUT2D eigenvalue weighted by atomic mass is 10.1. The van der Waals surface area contributed by atoms with Gasteiger partial charge in [0.05, 0.1) is 0 Å². The van der Waals surface area contributed by atoms with Gasteiger partial charge in [0.2, 0.25) is 5.79 Å². The average molecular weight is 237 g/mol. The molecule has 96 valence electrons. The number of nitrogens with one attached hydrogen (secondary N) is 1. The first-order valence-corrected chi connectivity index (χ1v) is 5.09. The van der Waals surface area contributed by atoms with E-state index in [4.69, 9.17) is 15.3 Å². The highest BCUT2D eigenvalue weighted by molar-refractivity contribution is 5.82. The molecule has 0 radical (unpaired) electrons. The summed E-state index contributed by atoms with van der Waals surface area (Å²) in [6.45, 7) is 2.14. The van der Waals surface area contributed by atoms with Crippen molar-refractivity contribution in [1.82, 2.24) is 5.32 Å². The largest absolute Gasteiger partial charge is 0.358 e. The van der Waals surface area contributed by atoms with Gasteiger partial charge in [-0.3, -0.25) is 4.79 Å². The average Bonchev–Trinajstić information content (AvgIpc) is 2.11. The normalized spacial score (nSPS) is 12.6. The molecule has 0 rings (SSSR count). The van der Waals surface area contributed by atoms with Crippen molar-refractivity contribution in [2.24, 2.45) is 0 Å². The van der Waals surface area contributed by atoms with Gasteiger partial charge in [0.25, 0.3) is 11.9 Å². The summed E-state index contributed by atoms with van der Waals surface area (Å²) in [6, 6.07) is 0. The smallest absolute Gasteiger partial charge is 0.279 e. The molecule has 16 heavy (non-hydrogen) atoms. The molecule has 0 aliphatic rings. The van der Waals surface area contributed by atoms with Crippen molar-refractivity contribution in [2.45, 2.75) is 44.4 Å². The zero-order valence-electron chi connectivity index (χ0n) is 9.18. The maximum absolute atomic E-state index is 11.2. The lowest BCUT2D eigenvalue weighted by Crippen LogP contribution is -2.47. The van der Waals surface area contributed by atoms with Crippen molar-refractivity contribution < 1.29 is 30.3 Å². The van der Waals surface area contributed by atoms with Crippen molar-refractivity contribution in [1.29, 1.82) is 0 Å². The molecule has 0 spiro atoms. The summed E-state index contributed by atoms with van der Waals surface area (Å²) < 4.78 is 0. The first-order valence-electron chi connectivity index (χ1n) is 5.09. The zero-order valence-corrected chi connectivity index (χ0v) is 9.18. The summed E-state index contributed by atoms with van der Waals surface area (Å²) >= 11 is 0. The fourth-order valence-corrected chi connectivity index (χ4v) is 1.07. The SMILES string of the molecule is CCCNC(=O)C(O)(O)CCCC(O)(O)O. The first kappa shape index (κ1) is 15.3. The predicted molar refractivity (Wildman–Crippen MR) is 53.7 cm³/mol. The van der Waals surface area contributed by atoms with E-state index in [0.29, 0.717) is 13.0 Å². The standard InChI is InChI=1S/C9H19NO6/c1-2-6-10-7(11)8(12,13)4-3-5-9(14,15)16/h12-16H,2-6H2,1H3,(H,10,11). The van der Waals surface area contributed by atoms with Crippen molar-refractivity contribution in [3.8, 4) is 0 Å². The first-order chi connectivity index (χ1) is 7.19. The molecule has 0 aromatic rings. The maximum atomic E-state index is 11.2. The Balaban J connectivity index is 3.99. The van der Waals surface area contributed by atoms with Crippen LogP contribution in [0.2, 0.25) is 0 Å². The molecule has 0 aliphatic carbocycles. The highest BCUT2D eigenvalue weighted by Crippen LogP contribution is 2.14. The van der Waals surface area contributed by atoms with E-state index < -0.39 is 30.5 Å². The lowest BCUT2D eigenvalue weighted by molar-refractivity contribution is -0.316. The Labute approximate surface area is 93.3 Å². The second-order valence-electron chi connectivity index (χ2n) is 3.70. The van der Waals surface area contributed by atoms with Crippen LogP contribution in [0.4, 0.5) is 0 Å². The van der Waals surface area contributed by atoms with Crippen LogP contribution in [0.5, 0.6) is 0 Å². The molecule has 7 heteroatoms. The van der Waals surface area contributed by atoms with E-state index >= 15 is 0 Å². The van der Waals surface area contributed by atoms with Gasteiger partial charge < -0.3 is 30.8 Å². The zero-order chi connectivity index (χ0) is 12.8. The van der Waals surface area contributed by atoms with E-state index in [9.17, 15) is 15.0 Å². The highest BCUT2D eigenvalue weighted by atomic mass is 16.7. The van der Waals surface area contributed by atoms with Gasteiger partial charge in [-0.05, 0) is 12.8 Å². The predicted octanol–water partition coefficient (Wildman–Crippen LogP) is -2.01. The number of rotatable bonds is 7. The van der Waals surface area contributed by atoms with Crippen molar-refractivity contribution in [3.05, 3.63) is 0 Å². The number of hydrogen-bond donors (Lipinski definition) is 6. The Kier molecular flexibility index (Phi) is 5.84. The molecule has 7 nitrogen and oxygen atoms in total. The highest BCUT2D eigenvalue weighted by Gasteiger charge is 2.33. The fourth-order valence-electron chi connectivity index (χ4n) is 1.07. The van der Waals surface area contributed by atoms with E-state index in [-0.39, 0.29) is 6.42 Å². The summed E-state index contributed by atoms with van der Waals surface area (Å²) in [7, 11) is 0. The monoisotopic (exact) mass is 237 g/mol. The summed E-state index contributed by atoms with van der Waals surface area (Å²) in [5.74, 6) is -6.34. The molecule has 6 N–H and O–H groups in total. The number of aliphatic hydroxyl groups is 5. The van der Waals surface area contributed by atoms with Crippen molar-refractivity contribution in [2.75, 3.05) is 6.54 Å². The number of hydrogen-bond acceptors (Lipinski definition) is 6. The van der Waals surface area contributed by atoms with Crippen LogP contribution in [0.1, 0.15) is 32.6 Å². The molecule has 0 saturated carbocycles. The quantitative estimate of drug-likeness (QED) is 0.284. The van der Waals surface area contributed by atoms with Crippen molar-refractivity contribution in [3.63, 3.8) is 0 Å². The third-order valence-corrected chi connectivity index (χ3v) is 1.94. The van der Waals surface area contributed by atoms with Crippen molar-refractivity contribution >= 4 is 5.91 Å². The second kappa shape index (κ2) is 6.12. The maximum Gasteiger partial charge on any atom is 0.279 e. The summed E-state index contributed by atoms with van der Waals surface area (Å²) in [4.78, 5) is 11.2. The van der Waals surface area contributed by atoms with Crippen LogP contribution in [0.3, 0.4) is 0 Å². The molecule has 0 aromatic heterocycles. The van der Waals surface area contributed by atoms with E-state index in [1.165, 1.54) is 0 Å². The minimum Gasteiger partial charge on any atom is -0.358 e. The third-order valence-electron chi connectivity index (χ3n) is 1.94. The van der Waals surface area contributed by atoms with Gasteiger partial charge in [0.1, 0.15) is 0 Å². The fraction of sp³-hybridized carbons (Fsp3) is 0.889. The van der Waals surface area contributed by atoms with Crippen LogP contribution in [0.25, 0.3) is 0 Å². The minimum absolute atomic E-state index is 0.129. The molecule has 0 aliphatic heterocycles. The van der Waals surface area contributed by atoms with Crippen LogP contribution in [0, 0.1) is 0 Å². The molecule has 0 aromatic carbocycles. The van der Waals surface area contributed by atoms with Gasteiger partial charge in [-0.2, -0.15) is 0 Å². The topological polar surface area (TPSA) is 130 Å². The number of carbonyl (C=O) groups is 1. The van der Waals surface area contributed by atoms with E-state index in [1.807, 2.05) is 6.92 Å². The minimum atomic E-state index is -2.85. The van der Waals surface area contributed by atoms with Gasteiger partial charge in [-0.15, -0.1) is 0 Å². The van der Waals surface area contributed by atoms with Crippen LogP contribution in [-0.4, -0.2) is 49.7 Å². The molecule has 0 fully saturated rings. The van der Waals surface area contributed by atoms with E-state index in [1.54, 1.807) is 0 Å². The molecule has 0 unspecified atom stereocenters. The van der Waals surface area contributed by atoms with Gasteiger partial charge in [-0.1, -0.05) is 6.92 Å². The lowest BCUT2D eigenvalue weighted by Gasteiger charge is -2.21. The second-order valence-corrected chi connectivity index (χ2v) is 3.70. The Morgan fingerprint density at radius 3 is 2.12 bits per heavy atom. The Morgan fingerprint density at radius 2 is 1.69 bits per heavy atom. The van der Waals surface area contributed by atoms with Crippen LogP contribution >= 0.6 is 0 Å². The van der Waals surface area contributed by atoms with E-state index in [0.717, 1.165) is 0 Å². The Bertz CT molecular complexity index is 223. The molecule has 1 amide bonds. The molecule has 0 bridgehead atoms. The molecule has 0 heterocycles. The van der Waals surface area contributed by atoms with Crippen LogP contribution in [0.15, 0.2) is 0 Å². The van der Waals surface area contributed by atoms with Gasteiger partial charge in [0.15, 0.2) is 0 Å². The summed E-state index contributed by atoms with van der Waals surface area (Å²) in [5, 5.41) is 46.5. The molecule has 0 atom stereocenters. The summed E-state index contributed by atoms with van der Waals surface area (Å²) in [6.07, 6.45) is -0.339. The molecular weight excluding hydrogens is 218 g/mol. The van der Waals surface area contributed by atoms with Gasteiger partial charge in [0, 0.05) is 19.4 Å². The molecular formula is C9H19NO6. The van der Waals surface area contributed by atoms with Crippen LogP contribution < -0.4 is 5.32 Å².